The molecule has 1 rings (SSSR count). The monoisotopic (exact) mass is 309 g/mol. The summed E-state index contributed by atoms with van der Waals surface area (Å²) in [5.74, 6) is -0.347. The van der Waals surface area contributed by atoms with E-state index in [9.17, 15) is 9.90 Å². The third-order valence-corrected chi connectivity index (χ3v) is 4.47. The molecule has 0 bridgehead atoms. The zero-order valence-electron chi connectivity index (χ0n) is 13.7. The fourth-order valence-corrected chi connectivity index (χ4v) is 3.32. The van der Waals surface area contributed by atoms with Gasteiger partial charge < -0.3 is 10.0 Å². The number of benzene rings is 1. The van der Waals surface area contributed by atoms with E-state index >= 15 is 0 Å². The van der Waals surface area contributed by atoms with Gasteiger partial charge in [0, 0.05) is 17.5 Å². The number of hydrogen-bond donors (Lipinski definition) is 1. The van der Waals surface area contributed by atoms with Crippen LogP contribution in [0.4, 0.5) is 5.69 Å². The molecule has 0 atom stereocenters. The average molecular weight is 309 g/mol. The first-order valence-corrected chi connectivity index (χ1v) is 8.85. The predicted octanol–water partition coefficient (Wildman–Crippen LogP) is 4.76. The van der Waals surface area contributed by atoms with E-state index in [-0.39, 0.29) is 0 Å². The van der Waals surface area contributed by atoms with Gasteiger partial charge in [0.15, 0.2) is 0 Å². The van der Waals surface area contributed by atoms with Crippen molar-refractivity contribution in [2.45, 2.75) is 51.5 Å². The zero-order valence-corrected chi connectivity index (χ0v) is 14.5. The third-order valence-electron chi connectivity index (χ3n) is 3.69. The number of carboxylic acids is 1. The molecule has 0 amide bonds. The van der Waals surface area contributed by atoms with Gasteiger partial charge in [-0.3, -0.25) is 0 Å². The van der Waals surface area contributed by atoms with Crippen LogP contribution in [0.5, 0.6) is 0 Å². The summed E-state index contributed by atoms with van der Waals surface area (Å²) in [6, 6.07) is 6.17. The summed E-state index contributed by atoms with van der Waals surface area (Å²) >= 11 is 1.49. The number of thioether (sulfide) groups is 1. The molecule has 0 heterocycles. The first kappa shape index (κ1) is 17.9. The predicted molar refractivity (Wildman–Crippen MR) is 91.7 cm³/mol. The SMILES string of the molecule is CCC(CC)N(CC(C)C)c1cccc(SC)c1C(=O)O. The van der Waals surface area contributed by atoms with Crippen LogP contribution in [0.1, 0.15) is 50.9 Å². The van der Waals surface area contributed by atoms with Gasteiger partial charge in [-0.25, -0.2) is 4.79 Å². The molecular weight excluding hydrogens is 282 g/mol. The summed E-state index contributed by atoms with van der Waals surface area (Å²) in [7, 11) is 0. The molecular formula is C17H27NO2S. The van der Waals surface area contributed by atoms with Gasteiger partial charge >= 0.3 is 5.97 Å². The standard InChI is InChI=1S/C17H27NO2S/c1-6-13(7-2)18(11-12(3)4)14-9-8-10-15(21-5)16(14)17(19)20/h8-10,12-13H,6-7,11H2,1-5H3,(H,19,20). The van der Waals surface area contributed by atoms with Crippen molar-refractivity contribution < 1.29 is 9.90 Å². The van der Waals surface area contributed by atoms with Crippen LogP contribution in [0.15, 0.2) is 23.1 Å². The van der Waals surface area contributed by atoms with E-state index in [1.807, 2.05) is 24.5 Å². The molecule has 0 unspecified atom stereocenters. The van der Waals surface area contributed by atoms with Crippen LogP contribution in [0.2, 0.25) is 0 Å². The fraction of sp³-hybridized carbons (Fsp3) is 0.588. The number of aromatic carboxylic acids is 1. The van der Waals surface area contributed by atoms with Crippen molar-refractivity contribution >= 4 is 23.4 Å². The van der Waals surface area contributed by atoms with Gasteiger partial charge in [0.2, 0.25) is 0 Å². The second-order valence-corrected chi connectivity index (χ2v) is 6.52. The molecule has 0 aliphatic carbocycles. The van der Waals surface area contributed by atoms with Crippen molar-refractivity contribution in [2.75, 3.05) is 17.7 Å². The van der Waals surface area contributed by atoms with E-state index in [1.54, 1.807) is 0 Å². The van der Waals surface area contributed by atoms with Gasteiger partial charge in [-0.05, 0) is 37.1 Å². The molecule has 1 aromatic rings. The smallest absolute Gasteiger partial charge is 0.338 e. The maximum Gasteiger partial charge on any atom is 0.338 e. The van der Waals surface area contributed by atoms with Gasteiger partial charge in [0.25, 0.3) is 0 Å². The van der Waals surface area contributed by atoms with E-state index < -0.39 is 5.97 Å². The normalized spacial score (nSPS) is 11.2. The molecule has 0 aliphatic heterocycles. The van der Waals surface area contributed by atoms with Crippen molar-refractivity contribution in [1.29, 1.82) is 0 Å². The number of anilines is 1. The minimum atomic E-state index is -0.838. The Morgan fingerprint density at radius 1 is 1.29 bits per heavy atom. The highest BCUT2D eigenvalue weighted by molar-refractivity contribution is 7.98. The third kappa shape index (κ3) is 4.40. The lowest BCUT2D eigenvalue weighted by atomic mass is 10.0. The topological polar surface area (TPSA) is 40.5 Å². The molecule has 1 aromatic carbocycles. The number of carboxylic acid groups (broad SMARTS) is 1. The molecule has 0 saturated carbocycles. The zero-order chi connectivity index (χ0) is 16.0. The molecule has 21 heavy (non-hydrogen) atoms. The Labute approximate surface area is 132 Å². The van der Waals surface area contributed by atoms with Gasteiger partial charge in [-0.15, -0.1) is 11.8 Å². The molecule has 0 aromatic heterocycles. The molecule has 0 fully saturated rings. The van der Waals surface area contributed by atoms with Crippen LogP contribution in [0, 0.1) is 5.92 Å². The maximum atomic E-state index is 11.8. The van der Waals surface area contributed by atoms with Crippen molar-refractivity contribution in [3.05, 3.63) is 23.8 Å². The Bertz CT molecular complexity index is 470. The molecule has 1 N–H and O–H groups in total. The highest BCUT2D eigenvalue weighted by atomic mass is 32.2. The van der Waals surface area contributed by atoms with E-state index in [1.165, 1.54) is 11.8 Å². The summed E-state index contributed by atoms with van der Waals surface area (Å²) in [4.78, 5) is 14.9. The van der Waals surface area contributed by atoms with Gasteiger partial charge in [0.1, 0.15) is 0 Å². The summed E-state index contributed by atoms with van der Waals surface area (Å²) < 4.78 is 0. The van der Waals surface area contributed by atoms with E-state index in [0.717, 1.165) is 30.0 Å². The Morgan fingerprint density at radius 2 is 1.90 bits per heavy atom. The van der Waals surface area contributed by atoms with Gasteiger partial charge in [0.05, 0.1) is 11.3 Å². The van der Waals surface area contributed by atoms with Crippen LogP contribution >= 0.6 is 11.8 Å². The van der Waals surface area contributed by atoms with Crippen LogP contribution < -0.4 is 4.90 Å². The average Bonchev–Trinajstić information content (AvgIpc) is 2.46. The Morgan fingerprint density at radius 3 is 2.33 bits per heavy atom. The Kier molecular flexibility index (Phi) is 7.09. The van der Waals surface area contributed by atoms with Gasteiger partial charge in [-0.2, -0.15) is 0 Å². The minimum Gasteiger partial charge on any atom is -0.478 e. The lowest BCUT2D eigenvalue weighted by molar-refractivity contribution is 0.0693. The van der Waals surface area contributed by atoms with Crippen molar-refractivity contribution in [3.8, 4) is 0 Å². The number of nitrogens with zero attached hydrogens (tertiary/aromatic N) is 1. The quantitative estimate of drug-likeness (QED) is 0.703. The van der Waals surface area contributed by atoms with Crippen LogP contribution in [0.25, 0.3) is 0 Å². The molecule has 0 radical (unpaired) electrons. The summed E-state index contributed by atoms with van der Waals surface area (Å²) in [6.45, 7) is 9.56. The van der Waals surface area contributed by atoms with Crippen molar-refractivity contribution in [3.63, 3.8) is 0 Å². The molecule has 0 spiro atoms. The van der Waals surface area contributed by atoms with E-state index in [4.69, 9.17) is 0 Å². The lowest BCUT2D eigenvalue weighted by Gasteiger charge is -2.35. The molecule has 0 aliphatic rings. The van der Waals surface area contributed by atoms with Gasteiger partial charge in [-0.1, -0.05) is 33.8 Å². The number of hydrogen-bond acceptors (Lipinski definition) is 3. The second kappa shape index (κ2) is 8.32. The highest BCUT2D eigenvalue weighted by Gasteiger charge is 2.24. The Hall–Kier alpha value is -1.16. The van der Waals surface area contributed by atoms with Crippen LogP contribution in [-0.4, -0.2) is 29.9 Å². The largest absolute Gasteiger partial charge is 0.478 e. The minimum absolute atomic E-state index is 0.377. The van der Waals surface area contributed by atoms with Crippen LogP contribution in [-0.2, 0) is 0 Å². The molecule has 118 valence electrons. The summed E-state index contributed by atoms with van der Waals surface area (Å²) in [5.41, 5.74) is 1.30. The molecule has 4 heteroatoms. The highest BCUT2D eigenvalue weighted by Crippen LogP contribution is 2.32. The first-order chi connectivity index (χ1) is 9.96. The first-order valence-electron chi connectivity index (χ1n) is 7.63. The summed E-state index contributed by atoms with van der Waals surface area (Å²) in [6.07, 6.45) is 3.97. The maximum absolute atomic E-state index is 11.8. The van der Waals surface area contributed by atoms with E-state index in [2.05, 4.69) is 32.6 Å². The second-order valence-electron chi connectivity index (χ2n) is 5.68. The molecule has 0 saturated heterocycles. The van der Waals surface area contributed by atoms with Crippen molar-refractivity contribution in [1.82, 2.24) is 0 Å². The summed E-state index contributed by atoms with van der Waals surface area (Å²) in [5, 5.41) is 9.65. The van der Waals surface area contributed by atoms with Crippen molar-refractivity contribution in [2.24, 2.45) is 5.92 Å². The fourth-order valence-electron chi connectivity index (χ4n) is 2.71. The molecule has 3 nitrogen and oxygen atoms in total. The number of rotatable bonds is 8. The lowest BCUT2D eigenvalue weighted by Crippen LogP contribution is -2.38. The Balaban J connectivity index is 3.38. The van der Waals surface area contributed by atoms with Crippen LogP contribution in [0.3, 0.4) is 0 Å². The number of carbonyl (C=O) groups is 1. The van der Waals surface area contributed by atoms with E-state index in [0.29, 0.717) is 17.5 Å².